The van der Waals surface area contributed by atoms with Crippen molar-refractivity contribution in [3.05, 3.63) is 83.7 Å². The molecule has 0 fully saturated rings. The number of pyridine rings is 1. The molecule has 1 aliphatic rings. The van der Waals surface area contributed by atoms with E-state index in [2.05, 4.69) is 20.4 Å². The van der Waals surface area contributed by atoms with Crippen molar-refractivity contribution in [2.24, 2.45) is 4.99 Å². The smallest absolute Gasteiger partial charge is 0.134 e. The molecule has 0 radical (unpaired) electrons. The van der Waals surface area contributed by atoms with E-state index in [-0.39, 0.29) is 17.9 Å². The topological polar surface area (TPSA) is 64.3 Å². The minimum Gasteiger partial charge on any atom is -0.494 e. The van der Waals surface area contributed by atoms with Crippen molar-refractivity contribution < 1.29 is 13.5 Å². The largest absolute Gasteiger partial charge is 0.494 e. The number of para-hydroxylation sites is 1. The summed E-state index contributed by atoms with van der Waals surface area (Å²) in [6.07, 6.45) is 5.47. The summed E-state index contributed by atoms with van der Waals surface area (Å²) < 4.78 is 36.2. The van der Waals surface area contributed by atoms with Gasteiger partial charge in [0, 0.05) is 41.2 Å². The maximum atomic E-state index is 14.7. The van der Waals surface area contributed by atoms with E-state index in [1.165, 1.54) is 12.1 Å². The van der Waals surface area contributed by atoms with Crippen LogP contribution in [0.1, 0.15) is 12.5 Å². The number of allylic oxidation sites excluding steroid dienone is 1. The molecule has 1 N–H and O–H groups in total. The van der Waals surface area contributed by atoms with Gasteiger partial charge in [0.1, 0.15) is 23.1 Å². The molecule has 8 heteroatoms. The number of hydrogen-bond donors (Lipinski definition) is 1. The molecule has 166 valence electrons. The van der Waals surface area contributed by atoms with Gasteiger partial charge in [-0.15, -0.1) is 0 Å². The second kappa shape index (κ2) is 8.82. The molecule has 2 aromatic carbocycles. The van der Waals surface area contributed by atoms with Gasteiger partial charge in [0.25, 0.3) is 0 Å². The van der Waals surface area contributed by atoms with Crippen LogP contribution < -0.4 is 10.1 Å². The molecule has 0 amide bonds. The number of anilines is 1. The van der Waals surface area contributed by atoms with E-state index in [0.717, 1.165) is 22.3 Å². The summed E-state index contributed by atoms with van der Waals surface area (Å²) in [7, 11) is 0. The Kier molecular flexibility index (Phi) is 5.56. The third-order valence-corrected chi connectivity index (χ3v) is 5.33. The predicted octanol–water partition coefficient (Wildman–Crippen LogP) is 5.20. The van der Waals surface area contributed by atoms with E-state index < -0.39 is 11.6 Å². The van der Waals surface area contributed by atoms with Gasteiger partial charge in [0.2, 0.25) is 0 Å². The second-order valence-electron chi connectivity index (χ2n) is 7.53. The van der Waals surface area contributed by atoms with Gasteiger partial charge in [0.05, 0.1) is 36.6 Å². The molecule has 0 saturated heterocycles. The normalized spacial score (nSPS) is 12.9. The first-order valence-corrected chi connectivity index (χ1v) is 10.6. The number of aliphatic imine (C=N–C) groups is 1. The summed E-state index contributed by atoms with van der Waals surface area (Å²) in [5.74, 6) is -1.18. The zero-order valence-electron chi connectivity index (χ0n) is 17.9. The summed E-state index contributed by atoms with van der Waals surface area (Å²) in [5.41, 5.74) is 3.74. The van der Waals surface area contributed by atoms with Crippen LogP contribution in [0.25, 0.3) is 22.3 Å². The van der Waals surface area contributed by atoms with Crippen molar-refractivity contribution in [3.8, 4) is 17.1 Å². The van der Waals surface area contributed by atoms with Crippen molar-refractivity contribution in [3.63, 3.8) is 0 Å². The molecule has 0 spiro atoms. The van der Waals surface area contributed by atoms with Crippen LogP contribution in [0.4, 0.5) is 14.5 Å². The molecule has 1 aliphatic heterocycles. The van der Waals surface area contributed by atoms with Crippen LogP contribution in [-0.2, 0) is 6.54 Å². The maximum Gasteiger partial charge on any atom is 0.134 e. The fourth-order valence-electron chi connectivity index (χ4n) is 3.81. The lowest BCUT2D eigenvalue weighted by atomic mass is 10.1. The lowest BCUT2D eigenvalue weighted by molar-refractivity contribution is 0.335. The molecule has 0 saturated carbocycles. The first-order chi connectivity index (χ1) is 16.1. The third-order valence-electron chi connectivity index (χ3n) is 5.33. The van der Waals surface area contributed by atoms with Crippen molar-refractivity contribution in [2.75, 3.05) is 18.5 Å². The Balaban J connectivity index is 1.53. The zero-order chi connectivity index (χ0) is 22.8. The monoisotopic (exact) mass is 445 g/mol. The van der Waals surface area contributed by atoms with Crippen LogP contribution in [0.2, 0.25) is 0 Å². The van der Waals surface area contributed by atoms with Crippen LogP contribution >= 0.6 is 0 Å². The number of hydrogen-bond acceptors (Lipinski definition) is 5. The molecule has 5 rings (SSSR count). The first kappa shape index (κ1) is 20.8. The molecule has 0 aliphatic carbocycles. The van der Waals surface area contributed by atoms with E-state index in [9.17, 15) is 8.78 Å². The maximum absolute atomic E-state index is 14.7. The fraction of sp³-hybridized carbons (Fsp3) is 0.160. The van der Waals surface area contributed by atoms with Gasteiger partial charge in [-0.3, -0.25) is 14.7 Å². The molecular weight excluding hydrogens is 424 g/mol. The highest BCUT2D eigenvalue weighted by Crippen LogP contribution is 2.30. The second-order valence-corrected chi connectivity index (χ2v) is 7.53. The number of nitrogens with zero attached hydrogens (tertiary/aromatic N) is 4. The van der Waals surface area contributed by atoms with E-state index in [1.54, 1.807) is 24.0 Å². The quantitative estimate of drug-likeness (QED) is 0.425. The molecule has 0 bridgehead atoms. The average Bonchev–Trinajstić information content (AvgIpc) is 3.45. The van der Waals surface area contributed by atoms with Crippen molar-refractivity contribution in [1.29, 1.82) is 0 Å². The fourth-order valence-corrected chi connectivity index (χ4v) is 3.81. The highest BCUT2D eigenvalue weighted by molar-refractivity contribution is 5.93. The Bertz CT molecular complexity index is 1370. The van der Waals surface area contributed by atoms with Gasteiger partial charge in [-0.1, -0.05) is 18.2 Å². The van der Waals surface area contributed by atoms with Gasteiger partial charge < -0.3 is 10.1 Å². The molecule has 4 aromatic rings. The van der Waals surface area contributed by atoms with Gasteiger partial charge >= 0.3 is 0 Å². The van der Waals surface area contributed by atoms with Crippen molar-refractivity contribution in [2.45, 2.75) is 13.5 Å². The highest BCUT2D eigenvalue weighted by Gasteiger charge is 2.18. The third kappa shape index (κ3) is 4.19. The van der Waals surface area contributed by atoms with E-state index in [0.29, 0.717) is 24.5 Å². The Labute approximate surface area is 189 Å². The van der Waals surface area contributed by atoms with E-state index in [1.807, 2.05) is 42.5 Å². The summed E-state index contributed by atoms with van der Waals surface area (Å²) in [6.45, 7) is 2.69. The number of halogens is 2. The molecular formula is C25H21F2N5O. The van der Waals surface area contributed by atoms with Crippen molar-refractivity contribution >= 4 is 22.8 Å². The predicted molar refractivity (Wildman–Crippen MR) is 125 cm³/mol. The van der Waals surface area contributed by atoms with Crippen LogP contribution in [0.15, 0.2) is 71.5 Å². The van der Waals surface area contributed by atoms with E-state index >= 15 is 0 Å². The summed E-state index contributed by atoms with van der Waals surface area (Å²) in [5, 5.41) is 8.84. The number of rotatable bonds is 7. The zero-order valence-corrected chi connectivity index (χ0v) is 17.9. The van der Waals surface area contributed by atoms with Crippen molar-refractivity contribution in [1.82, 2.24) is 14.8 Å². The summed E-state index contributed by atoms with van der Waals surface area (Å²) in [4.78, 5) is 8.66. The minimum atomic E-state index is -0.671. The number of ether oxygens (including phenoxy) is 1. The Morgan fingerprint density at radius 3 is 2.67 bits per heavy atom. The number of aromatic nitrogens is 3. The molecule has 33 heavy (non-hydrogen) atoms. The lowest BCUT2D eigenvalue weighted by Crippen LogP contribution is -2.07. The lowest BCUT2D eigenvalue weighted by Gasteiger charge is -2.10. The van der Waals surface area contributed by atoms with Gasteiger partial charge in [0.15, 0.2) is 0 Å². The number of nitrogens with one attached hydrogen (secondary N) is 1. The summed E-state index contributed by atoms with van der Waals surface area (Å²) in [6, 6.07) is 13.7. The molecule has 3 heterocycles. The molecule has 0 atom stereocenters. The Hall–Kier alpha value is -4.07. The molecule has 6 nitrogen and oxygen atoms in total. The van der Waals surface area contributed by atoms with Gasteiger partial charge in [-0.25, -0.2) is 8.78 Å². The van der Waals surface area contributed by atoms with Crippen LogP contribution in [0, 0.1) is 11.6 Å². The Morgan fingerprint density at radius 1 is 1.09 bits per heavy atom. The molecule has 2 aromatic heterocycles. The molecule has 0 unspecified atom stereocenters. The summed E-state index contributed by atoms with van der Waals surface area (Å²) >= 11 is 0. The Morgan fingerprint density at radius 2 is 1.91 bits per heavy atom. The number of benzene rings is 2. The SMILES string of the molecule is CCOc1cc(F)c(Cn2nc(-c3cc(NC4=CCN=C4)ccn3)c3ccccc32)c(F)c1. The van der Waals surface area contributed by atoms with Crippen LogP contribution in [-0.4, -0.2) is 34.1 Å². The minimum absolute atomic E-state index is 0.0636. The average molecular weight is 445 g/mol. The standard InChI is InChI=1S/C25H21F2N5O/c1-2-33-18-12-21(26)20(22(27)13-18)15-32-24-6-4-3-5-19(24)25(31-32)23-11-16(8-10-29-23)30-17-7-9-28-14-17/h3-8,10-14H,2,9,15H2,1H3,(H,29,30). The number of fused-ring (bicyclic) bond motifs is 1. The van der Waals surface area contributed by atoms with Gasteiger partial charge in [-0.2, -0.15) is 5.10 Å². The first-order valence-electron chi connectivity index (χ1n) is 10.6. The van der Waals surface area contributed by atoms with Gasteiger partial charge in [-0.05, 0) is 31.2 Å². The highest BCUT2D eigenvalue weighted by atomic mass is 19.1. The van der Waals surface area contributed by atoms with E-state index in [4.69, 9.17) is 4.74 Å². The van der Waals surface area contributed by atoms with Crippen LogP contribution in [0.5, 0.6) is 5.75 Å². The van der Waals surface area contributed by atoms with Crippen LogP contribution in [0.3, 0.4) is 0 Å².